The van der Waals surface area contributed by atoms with Gasteiger partial charge in [-0.05, 0) is 56.2 Å². The van der Waals surface area contributed by atoms with Crippen molar-refractivity contribution in [3.05, 3.63) is 47.5 Å². The first-order valence-electron chi connectivity index (χ1n) is 8.43. The highest BCUT2D eigenvalue weighted by atomic mass is 16.5. The molecule has 0 aromatic heterocycles. The van der Waals surface area contributed by atoms with Crippen molar-refractivity contribution in [1.29, 1.82) is 0 Å². The van der Waals surface area contributed by atoms with Crippen LogP contribution in [0, 0.1) is 13.8 Å². The maximum Gasteiger partial charge on any atom is 0.267 e. The molecule has 0 saturated carbocycles. The summed E-state index contributed by atoms with van der Waals surface area (Å²) in [6.45, 7) is 5.52. The summed E-state index contributed by atoms with van der Waals surface area (Å²) in [4.78, 5) is 25.8. The lowest BCUT2D eigenvalue weighted by Gasteiger charge is -2.30. The number of anilines is 2. The Morgan fingerprint density at radius 1 is 1.23 bits per heavy atom. The number of hydrogen-bond acceptors (Lipinski definition) is 4. The van der Waals surface area contributed by atoms with Crippen molar-refractivity contribution in [2.75, 3.05) is 23.9 Å². The van der Waals surface area contributed by atoms with Gasteiger partial charge in [-0.3, -0.25) is 9.59 Å². The number of hydrogen-bond donors (Lipinski definition) is 1. The van der Waals surface area contributed by atoms with Crippen LogP contribution in [0.25, 0.3) is 0 Å². The normalized spacial score (nSPS) is 15.9. The summed E-state index contributed by atoms with van der Waals surface area (Å²) >= 11 is 0. The molecule has 1 atom stereocenters. The molecule has 1 N–H and O–H groups in total. The first-order valence-corrected chi connectivity index (χ1v) is 8.43. The van der Waals surface area contributed by atoms with Crippen LogP contribution in [0.5, 0.6) is 11.5 Å². The molecular weight excluding hydrogens is 332 g/mol. The Kier molecular flexibility index (Phi) is 4.84. The zero-order chi connectivity index (χ0) is 18.8. The maximum absolute atomic E-state index is 12.2. The standard InChI is InChI=1S/C20H22N2O4/c1-12-5-6-13(2)18(9-12)25-11-19(23)21-15-7-8-17-16(10-15)22(4)20(24)14(3)26-17/h5-10,14H,11H2,1-4H3,(H,21,23). The van der Waals surface area contributed by atoms with E-state index in [1.165, 1.54) is 4.90 Å². The van der Waals surface area contributed by atoms with Crippen LogP contribution in [0.15, 0.2) is 36.4 Å². The van der Waals surface area contributed by atoms with E-state index in [0.29, 0.717) is 22.9 Å². The number of benzene rings is 2. The van der Waals surface area contributed by atoms with Crippen LogP contribution < -0.4 is 19.7 Å². The number of amides is 2. The Morgan fingerprint density at radius 2 is 2.00 bits per heavy atom. The van der Waals surface area contributed by atoms with Gasteiger partial charge in [0.15, 0.2) is 12.7 Å². The predicted molar refractivity (Wildman–Crippen MR) is 100.0 cm³/mol. The minimum atomic E-state index is -0.515. The van der Waals surface area contributed by atoms with Gasteiger partial charge in [-0.15, -0.1) is 0 Å². The minimum absolute atomic E-state index is 0.0936. The number of rotatable bonds is 4. The van der Waals surface area contributed by atoms with Gasteiger partial charge in [0.1, 0.15) is 11.5 Å². The molecule has 1 aliphatic heterocycles. The van der Waals surface area contributed by atoms with Gasteiger partial charge in [-0.1, -0.05) is 12.1 Å². The van der Waals surface area contributed by atoms with Crippen LogP contribution in [-0.2, 0) is 9.59 Å². The summed E-state index contributed by atoms with van der Waals surface area (Å²) < 4.78 is 11.2. The lowest BCUT2D eigenvalue weighted by atomic mass is 10.1. The molecular formula is C20H22N2O4. The molecule has 0 radical (unpaired) electrons. The average Bonchev–Trinajstić information content (AvgIpc) is 2.61. The van der Waals surface area contributed by atoms with E-state index in [9.17, 15) is 9.59 Å². The number of carbonyl (C=O) groups is 2. The maximum atomic E-state index is 12.2. The summed E-state index contributed by atoms with van der Waals surface area (Å²) in [6, 6.07) is 11.1. The molecule has 1 unspecified atom stereocenters. The predicted octanol–water partition coefficient (Wildman–Crippen LogP) is 3.06. The quantitative estimate of drug-likeness (QED) is 0.916. The molecule has 26 heavy (non-hydrogen) atoms. The van der Waals surface area contributed by atoms with E-state index >= 15 is 0 Å². The highest BCUT2D eigenvalue weighted by molar-refractivity contribution is 6.00. The number of carbonyl (C=O) groups excluding carboxylic acids is 2. The van der Waals surface area contributed by atoms with Crippen molar-refractivity contribution in [3.8, 4) is 11.5 Å². The molecule has 0 saturated heterocycles. The molecule has 0 bridgehead atoms. The Labute approximate surface area is 152 Å². The van der Waals surface area contributed by atoms with Gasteiger partial charge in [0.25, 0.3) is 11.8 Å². The monoisotopic (exact) mass is 354 g/mol. The van der Waals surface area contributed by atoms with Crippen LogP contribution in [0.4, 0.5) is 11.4 Å². The summed E-state index contributed by atoms with van der Waals surface area (Å²) in [5.41, 5.74) is 3.25. The number of fused-ring (bicyclic) bond motifs is 1. The molecule has 3 rings (SSSR count). The number of ether oxygens (including phenoxy) is 2. The third kappa shape index (κ3) is 3.64. The molecule has 2 amide bonds. The highest BCUT2D eigenvalue weighted by Gasteiger charge is 2.29. The summed E-state index contributed by atoms with van der Waals surface area (Å²) in [6.07, 6.45) is -0.515. The van der Waals surface area contributed by atoms with Gasteiger partial charge in [-0.25, -0.2) is 0 Å². The van der Waals surface area contributed by atoms with E-state index < -0.39 is 6.10 Å². The second kappa shape index (κ2) is 7.07. The lowest BCUT2D eigenvalue weighted by molar-refractivity contribution is -0.125. The molecule has 0 fully saturated rings. The third-order valence-electron chi connectivity index (χ3n) is 4.29. The fraction of sp³-hybridized carbons (Fsp3) is 0.300. The van der Waals surface area contributed by atoms with Gasteiger partial charge in [0, 0.05) is 12.7 Å². The van der Waals surface area contributed by atoms with E-state index in [2.05, 4.69) is 5.32 Å². The summed E-state index contributed by atoms with van der Waals surface area (Å²) in [5, 5.41) is 2.79. The number of nitrogens with zero attached hydrogens (tertiary/aromatic N) is 1. The van der Waals surface area contributed by atoms with Gasteiger partial charge in [-0.2, -0.15) is 0 Å². The van der Waals surface area contributed by atoms with Gasteiger partial charge >= 0.3 is 0 Å². The number of aryl methyl sites for hydroxylation is 2. The van der Waals surface area contributed by atoms with E-state index in [4.69, 9.17) is 9.47 Å². The SMILES string of the molecule is Cc1ccc(C)c(OCC(=O)Nc2ccc3c(c2)N(C)C(=O)C(C)O3)c1. The Bertz CT molecular complexity index is 863. The van der Waals surface area contributed by atoms with Gasteiger partial charge in [0.05, 0.1) is 5.69 Å². The fourth-order valence-corrected chi connectivity index (χ4v) is 2.79. The van der Waals surface area contributed by atoms with Crippen LogP contribution in [0.1, 0.15) is 18.1 Å². The van der Waals surface area contributed by atoms with Crippen molar-refractivity contribution in [1.82, 2.24) is 0 Å². The van der Waals surface area contributed by atoms with Crippen LogP contribution in [-0.4, -0.2) is 31.6 Å². The number of likely N-dealkylation sites (N-methyl/N-ethyl adjacent to an activating group) is 1. The molecule has 6 nitrogen and oxygen atoms in total. The zero-order valence-electron chi connectivity index (χ0n) is 15.3. The molecule has 2 aromatic rings. The van der Waals surface area contributed by atoms with Crippen molar-refractivity contribution in [2.45, 2.75) is 26.9 Å². The molecule has 6 heteroatoms. The van der Waals surface area contributed by atoms with Crippen LogP contribution in [0.2, 0.25) is 0 Å². The zero-order valence-corrected chi connectivity index (χ0v) is 15.3. The first kappa shape index (κ1) is 17.8. The van der Waals surface area contributed by atoms with E-state index in [0.717, 1.165) is 11.1 Å². The molecule has 136 valence electrons. The molecule has 0 spiro atoms. The van der Waals surface area contributed by atoms with E-state index in [1.807, 2.05) is 32.0 Å². The second-order valence-corrected chi connectivity index (χ2v) is 6.45. The Balaban J connectivity index is 1.67. The van der Waals surface area contributed by atoms with E-state index in [1.54, 1.807) is 32.2 Å². The molecule has 1 heterocycles. The Morgan fingerprint density at radius 3 is 2.77 bits per heavy atom. The Hall–Kier alpha value is -3.02. The topological polar surface area (TPSA) is 67.9 Å². The van der Waals surface area contributed by atoms with Gasteiger partial charge in [0.2, 0.25) is 0 Å². The largest absolute Gasteiger partial charge is 0.483 e. The lowest BCUT2D eigenvalue weighted by Crippen LogP contribution is -2.42. The smallest absolute Gasteiger partial charge is 0.267 e. The van der Waals surface area contributed by atoms with Crippen LogP contribution in [0.3, 0.4) is 0 Å². The summed E-state index contributed by atoms with van der Waals surface area (Å²) in [5.74, 6) is 0.909. The first-order chi connectivity index (χ1) is 12.3. The van der Waals surface area contributed by atoms with Crippen molar-refractivity contribution in [3.63, 3.8) is 0 Å². The van der Waals surface area contributed by atoms with Crippen LogP contribution >= 0.6 is 0 Å². The van der Waals surface area contributed by atoms with E-state index in [-0.39, 0.29) is 18.4 Å². The van der Waals surface area contributed by atoms with Gasteiger partial charge < -0.3 is 19.7 Å². The molecule has 0 aliphatic carbocycles. The minimum Gasteiger partial charge on any atom is -0.483 e. The third-order valence-corrected chi connectivity index (χ3v) is 4.29. The number of nitrogens with one attached hydrogen (secondary N) is 1. The second-order valence-electron chi connectivity index (χ2n) is 6.45. The molecule has 1 aliphatic rings. The molecule has 2 aromatic carbocycles. The fourth-order valence-electron chi connectivity index (χ4n) is 2.79. The average molecular weight is 354 g/mol. The van der Waals surface area contributed by atoms with Crippen molar-refractivity contribution < 1.29 is 19.1 Å². The highest BCUT2D eigenvalue weighted by Crippen LogP contribution is 2.35. The summed E-state index contributed by atoms with van der Waals surface area (Å²) in [7, 11) is 1.69. The van der Waals surface area contributed by atoms with Crippen molar-refractivity contribution >= 4 is 23.2 Å². The van der Waals surface area contributed by atoms with Crippen molar-refractivity contribution in [2.24, 2.45) is 0 Å².